The second-order valence-corrected chi connectivity index (χ2v) is 5.29. The van der Waals surface area contributed by atoms with Crippen molar-refractivity contribution < 1.29 is 32.6 Å². The number of carboxylic acids is 1. The van der Waals surface area contributed by atoms with Crippen molar-refractivity contribution >= 4 is 11.9 Å². The van der Waals surface area contributed by atoms with Gasteiger partial charge in [-0.3, -0.25) is 9.59 Å². The molecule has 1 aliphatic rings. The standard InChI is InChI=1S/C12H18F3NO4/c1-8(2)11(10(18)19)3-4-16(6-11)9(17)5-20-7-12(13,14)15/h8H,3-7H2,1-2H3,(H,18,19). The third-order valence-electron chi connectivity index (χ3n) is 3.68. The molecule has 0 aromatic rings. The summed E-state index contributed by atoms with van der Waals surface area (Å²) in [6.07, 6.45) is -4.18. The molecule has 20 heavy (non-hydrogen) atoms. The van der Waals surface area contributed by atoms with Crippen LogP contribution in [0.15, 0.2) is 0 Å². The van der Waals surface area contributed by atoms with Crippen LogP contribution in [0.4, 0.5) is 13.2 Å². The number of rotatable bonds is 5. The summed E-state index contributed by atoms with van der Waals surface area (Å²) >= 11 is 0. The number of carboxylic acid groups (broad SMARTS) is 1. The summed E-state index contributed by atoms with van der Waals surface area (Å²) in [6, 6.07) is 0. The number of aliphatic carboxylic acids is 1. The lowest BCUT2D eigenvalue weighted by atomic mass is 9.76. The van der Waals surface area contributed by atoms with Crippen molar-refractivity contribution in [1.82, 2.24) is 4.90 Å². The molecule has 1 N–H and O–H groups in total. The van der Waals surface area contributed by atoms with Gasteiger partial charge in [-0.05, 0) is 12.3 Å². The molecule has 1 heterocycles. The summed E-state index contributed by atoms with van der Waals surface area (Å²) < 4.78 is 40.0. The highest BCUT2D eigenvalue weighted by atomic mass is 19.4. The Hall–Kier alpha value is -1.31. The van der Waals surface area contributed by atoms with Gasteiger partial charge in [-0.15, -0.1) is 0 Å². The molecule has 1 saturated heterocycles. The predicted molar refractivity (Wildman–Crippen MR) is 63.0 cm³/mol. The van der Waals surface area contributed by atoms with E-state index in [1.807, 2.05) is 0 Å². The number of nitrogens with zero attached hydrogens (tertiary/aromatic N) is 1. The number of carbonyl (C=O) groups is 2. The number of hydrogen-bond donors (Lipinski definition) is 1. The normalized spacial score (nSPS) is 23.4. The molecule has 0 spiro atoms. The van der Waals surface area contributed by atoms with Crippen LogP contribution in [0.1, 0.15) is 20.3 Å². The van der Waals surface area contributed by atoms with Crippen LogP contribution in [0.3, 0.4) is 0 Å². The molecule has 1 atom stereocenters. The second kappa shape index (κ2) is 5.99. The fraction of sp³-hybridized carbons (Fsp3) is 0.833. The Morgan fingerprint density at radius 2 is 2.00 bits per heavy atom. The molecule has 0 aromatic carbocycles. The van der Waals surface area contributed by atoms with E-state index in [-0.39, 0.29) is 19.0 Å². The van der Waals surface area contributed by atoms with E-state index in [4.69, 9.17) is 0 Å². The second-order valence-electron chi connectivity index (χ2n) is 5.29. The van der Waals surface area contributed by atoms with Crippen molar-refractivity contribution in [1.29, 1.82) is 0 Å². The molecule has 1 fully saturated rings. The molecular formula is C12H18F3NO4. The summed E-state index contributed by atoms with van der Waals surface area (Å²) in [5.74, 6) is -1.77. The van der Waals surface area contributed by atoms with Crippen molar-refractivity contribution in [3.05, 3.63) is 0 Å². The number of carbonyl (C=O) groups excluding carboxylic acids is 1. The van der Waals surface area contributed by atoms with E-state index in [0.29, 0.717) is 6.42 Å². The summed E-state index contributed by atoms with van der Waals surface area (Å²) in [5.41, 5.74) is -1.03. The van der Waals surface area contributed by atoms with E-state index >= 15 is 0 Å². The number of halogens is 3. The lowest BCUT2D eigenvalue weighted by Gasteiger charge is -2.28. The number of ether oxygens (including phenoxy) is 1. The van der Waals surface area contributed by atoms with Crippen molar-refractivity contribution in [2.24, 2.45) is 11.3 Å². The molecule has 1 unspecified atom stereocenters. The minimum atomic E-state index is -4.48. The van der Waals surface area contributed by atoms with Crippen LogP contribution in [-0.4, -0.2) is 54.4 Å². The molecule has 5 nitrogen and oxygen atoms in total. The van der Waals surface area contributed by atoms with Crippen LogP contribution in [0.25, 0.3) is 0 Å². The molecule has 1 aliphatic heterocycles. The summed E-state index contributed by atoms with van der Waals surface area (Å²) in [4.78, 5) is 24.3. The first kappa shape index (κ1) is 16.7. The molecule has 8 heteroatoms. The third kappa shape index (κ3) is 3.84. The maximum Gasteiger partial charge on any atom is 0.411 e. The average molecular weight is 297 g/mol. The van der Waals surface area contributed by atoms with Gasteiger partial charge in [0.2, 0.25) is 5.91 Å². The van der Waals surface area contributed by atoms with Crippen LogP contribution in [-0.2, 0) is 14.3 Å². The summed E-state index contributed by atoms with van der Waals surface area (Å²) in [7, 11) is 0. The van der Waals surface area contributed by atoms with E-state index in [1.54, 1.807) is 13.8 Å². The molecule has 0 aromatic heterocycles. The molecule has 0 aliphatic carbocycles. The van der Waals surface area contributed by atoms with Crippen LogP contribution in [0, 0.1) is 11.3 Å². The van der Waals surface area contributed by atoms with Gasteiger partial charge in [-0.1, -0.05) is 13.8 Å². The van der Waals surface area contributed by atoms with Crippen molar-refractivity contribution in [2.75, 3.05) is 26.3 Å². The number of likely N-dealkylation sites (tertiary alicyclic amines) is 1. The van der Waals surface area contributed by atoms with Crippen LogP contribution >= 0.6 is 0 Å². The maximum atomic E-state index is 11.9. The average Bonchev–Trinajstić information content (AvgIpc) is 2.73. The van der Waals surface area contributed by atoms with Crippen LogP contribution < -0.4 is 0 Å². The van der Waals surface area contributed by atoms with Crippen molar-refractivity contribution in [3.8, 4) is 0 Å². The van der Waals surface area contributed by atoms with Crippen molar-refractivity contribution in [2.45, 2.75) is 26.4 Å². The van der Waals surface area contributed by atoms with E-state index in [2.05, 4.69) is 4.74 Å². The number of alkyl halides is 3. The number of amides is 1. The van der Waals surface area contributed by atoms with E-state index in [1.165, 1.54) is 4.90 Å². The fourth-order valence-corrected chi connectivity index (χ4v) is 2.28. The van der Waals surface area contributed by atoms with Gasteiger partial charge in [0.05, 0.1) is 5.41 Å². The van der Waals surface area contributed by atoms with Gasteiger partial charge in [0.15, 0.2) is 0 Å². The monoisotopic (exact) mass is 297 g/mol. The minimum Gasteiger partial charge on any atom is -0.481 e. The largest absolute Gasteiger partial charge is 0.481 e. The quantitative estimate of drug-likeness (QED) is 0.835. The zero-order chi connectivity index (χ0) is 15.6. The van der Waals surface area contributed by atoms with Gasteiger partial charge in [-0.2, -0.15) is 13.2 Å². The fourth-order valence-electron chi connectivity index (χ4n) is 2.28. The lowest BCUT2D eigenvalue weighted by Crippen LogP contribution is -2.41. The predicted octanol–water partition coefficient (Wildman–Crippen LogP) is 1.52. The summed E-state index contributed by atoms with van der Waals surface area (Å²) in [6.45, 7) is 1.56. The maximum absolute atomic E-state index is 11.9. The molecule has 1 amide bonds. The third-order valence-corrected chi connectivity index (χ3v) is 3.68. The Morgan fingerprint density at radius 3 is 2.40 bits per heavy atom. The highest BCUT2D eigenvalue weighted by Crippen LogP contribution is 2.38. The van der Waals surface area contributed by atoms with Gasteiger partial charge in [-0.25, -0.2) is 0 Å². The first-order valence-corrected chi connectivity index (χ1v) is 6.24. The Morgan fingerprint density at radius 1 is 1.40 bits per heavy atom. The molecule has 0 saturated carbocycles. The molecule has 0 radical (unpaired) electrons. The van der Waals surface area contributed by atoms with Gasteiger partial charge in [0.1, 0.15) is 13.2 Å². The lowest BCUT2D eigenvalue weighted by molar-refractivity contribution is -0.177. The zero-order valence-electron chi connectivity index (χ0n) is 11.4. The Kier molecular flexibility index (Phi) is 5.01. The van der Waals surface area contributed by atoms with Crippen LogP contribution in [0.2, 0.25) is 0 Å². The molecule has 1 rings (SSSR count). The highest BCUT2D eigenvalue weighted by Gasteiger charge is 2.48. The first-order valence-electron chi connectivity index (χ1n) is 6.24. The minimum absolute atomic E-state index is 0.00815. The number of hydrogen-bond acceptors (Lipinski definition) is 3. The first-order chi connectivity index (χ1) is 9.08. The summed E-state index contributed by atoms with van der Waals surface area (Å²) in [5, 5.41) is 9.30. The van der Waals surface area contributed by atoms with Crippen molar-refractivity contribution in [3.63, 3.8) is 0 Å². The Bertz CT molecular complexity index is 383. The van der Waals surface area contributed by atoms with E-state index in [0.717, 1.165) is 0 Å². The smallest absolute Gasteiger partial charge is 0.411 e. The van der Waals surface area contributed by atoms with Gasteiger partial charge in [0, 0.05) is 13.1 Å². The van der Waals surface area contributed by atoms with E-state index < -0.39 is 36.7 Å². The highest BCUT2D eigenvalue weighted by molar-refractivity contribution is 5.81. The van der Waals surface area contributed by atoms with Gasteiger partial charge < -0.3 is 14.7 Å². The van der Waals surface area contributed by atoms with E-state index in [9.17, 15) is 27.9 Å². The zero-order valence-corrected chi connectivity index (χ0v) is 11.4. The van der Waals surface area contributed by atoms with Crippen LogP contribution in [0.5, 0.6) is 0 Å². The topological polar surface area (TPSA) is 66.8 Å². The molecular weight excluding hydrogens is 279 g/mol. The van der Waals surface area contributed by atoms with Gasteiger partial charge in [0.25, 0.3) is 0 Å². The SMILES string of the molecule is CC(C)C1(C(=O)O)CCN(C(=O)COCC(F)(F)F)C1. The molecule has 116 valence electrons. The Labute approximate surface area is 114 Å². The van der Waals surface area contributed by atoms with Gasteiger partial charge >= 0.3 is 12.1 Å². The Balaban J connectivity index is 2.55. The molecule has 0 bridgehead atoms.